The summed E-state index contributed by atoms with van der Waals surface area (Å²) in [5.41, 5.74) is 3.61. The second-order valence-corrected chi connectivity index (χ2v) is 7.22. The van der Waals surface area contributed by atoms with Gasteiger partial charge >= 0.3 is 0 Å². The molecule has 2 N–H and O–H groups in total. The number of nitrogens with zero attached hydrogens (tertiary/aromatic N) is 2. The van der Waals surface area contributed by atoms with Gasteiger partial charge in [-0.15, -0.1) is 0 Å². The van der Waals surface area contributed by atoms with Gasteiger partial charge in [0.25, 0.3) is 0 Å². The van der Waals surface area contributed by atoms with E-state index in [-0.39, 0.29) is 11.7 Å². The first-order valence-corrected chi connectivity index (χ1v) is 9.85. The van der Waals surface area contributed by atoms with Crippen molar-refractivity contribution in [3.63, 3.8) is 0 Å². The number of anilines is 1. The molecule has 5 nitrogen and oxygen atoms in total. The Kier molecular flexibility index (Phi) is 7.09. The van der Waals surface area contributed by atoms with Gasteiger partial charge in [-0.2, -0.15) is 0 Å². The van der Waals surface area contributed by atoms with Crippen LogP contribution < -0.4 is 10.2 Å². The number of amides is 1. The number of benzene rings is 2. The number of carbonyl (C=O) groups excluding carboxylic acids is 1. The molecule has 0 saturated heterocycles. The monoisotopic (exact) mass is 379 g/mol. The topological polar surface area (TPSA) is 55.8 Å². The maximum Gasteiger partial charge on any atom is 0.234 e. The van der Waals surface area contributed by atoms with E-state index < -0.39 is 0 Å². The van der Waals surface area contributed by atoms with Crippen LogP contribution in [0.4, 0.5) is 5.69 Å². The number of phenolic OH excluding ortho intramolecular Hbond substituents is 1. The summed E-state index contributed by atoms with van der Waals surface area (Å²) in [6.45, 7) is 3.69. The fourth-order valence-electron chi connectivity index (χ4n) is 3.41. The van der Waals surface area contributed by atoms with E-state index in [2.05, 4.69) is 40.4 Å². The molecule has 1 aliphatic rings. The summed E-state index contributed by atoms with van der Waals surface area (Å²) in [5, 5.41) is 12.4. The number of aromatic hydroxyl groups is 1. The van der Waals surface area contributed by atoms with Gasteiger partial charge in [-0.3, -0.25) is 9.69 Å². The Morgan fingerprint density at radius 2 is 1.89 bits per heavy atom. The van der Waals surface area contributed by atoms with Crippen LogP contribution in [0, 0.1) is 0 Å². The number of phenols is 1. The van der Waals surface area contributed by atoms with Crippen molar-refractivity contribution in [3.05, 3.63) is 66.2 Å². The van der Waals surface area contributed by atoms with Gasteiger partial charge in [-0.1, -0.05) is 36.4 Å². The van der Waals surface area contributed by atoms with Crippen molar-refractivity contribution in [3.8, 4) is 5.75 Å². The zero-order valence-electron chi connectivity index (χ0n) is 16.5. The van der Waals surface area contributed by atoms with Crippen LogP contribution in [0.15, 0.2) is 60.7 Å². The molecule has 0 radical (unpaired) electrons. The molecule has 2 aromatic carbocycles. The second kappa shape index (κ2) is 9.95. The first-order chi connectivity index (χ1) is 13.6. The number of para-hydroxylation sites is 1. The minimum Gasteiger partial charge on any atom is -0.508 e. The Bertz CT molecular complexity index is 787. The quantitative estimate of drug-likeness (QED) is 0.692. The lowest BCUT2D eigenvalue weighted by atomic mass is 9.99. The number of rotatable bonds is 8. The summed E-state index contributed by atoms with van der Waals surface area (Å²) in [6, 6.07) is 17.6. The normalized spacial score (nSPS) is 14.4. The number of hydrogen-bond acceptors (Lipinski definition) is 4. The molecule has 3 rings (SSSR count). The molecule has 0 aliphatic carbocycles. The molecule has 0 bridgehead atoms. The molecule has 28 heavy (non-hydrogen) atoms. The fourth-order valence-corrected chi connectivity index (χ4v) is 3.41. The molecule has 0 aromatic heterocycles. The summed E-state index contributed by atoms with van der Waals surface area (Å²) < 4.78 is 0. The maximum absolute atomic E-state index is 12.2. The van der Waals surface area contributed by atoms with Gasteiger partial charge in [-0.25, -0.2) is 0 Å². The van der Waals surface area contributed by atoms with Crippen molar-refractivity contribution < 1.29 is 9.90 Å². The fraction of sp³-hybridized carbons (Fsp3) is 0.348. The molecule has 5 heteroatoms. The molecule has 148 valence electrons. The third-order valence-corrected chi connectivity index (χ3v) is 5.09. The van der Waals surface area contributed by atoms with E-state index in [1.807, 2.05) is 30.3 Å². The zero-order chi connectivity index (χ0) is 19.8. The van der Waals surface area contributed by atoms with Crippen LogP contribution in [-0.4, -0.2) is 55.7 Å². The average molecular weight is 380 g/mol. The molecule has 2 aromatic rings. The van der Waals surface area contributed by atoms with Crippen LogP contribution >= 0.6 is 0 Å². The van der Waals surface area contributed by atoms with Crippen molar-refractivity contribution in [1.82, 2.24) is 10.2 Å². The zero-order valence-corrected chi connectivity index (χ0v) is 16.5. The lowest BCUT2D eigenvalue weighted by molar-refractivity contribution is -0.122. The summed E-state index contributed by atoms with van der Waals surface area (Å²) in [7, 11) is 2.07. The molecule has 1 amide bonds. The summed E-state index contributed by atoms with van der Waals surface area (Å²) in [6.07, 6.45) is 4.01. The Morgan fingerprint density at radius 3 is 2.57 bits per heavy atom. The molecular weight excluding hydrogens is 350 g/mol. The number of hydrogen-bond donors (Lipinski definition) is 2. The average Bonchev–Trinajstić information content (AvgIpc) is 2.73. The van der Waals surface area contributed by atoms with Gasteiger partial charge in [-0.05, 0) is 48.2 Å². The standard InChI is InChI=1S/C23H29N3O2/c1-25(21-6-3-2-4-7-21)15-5-14-24-23(28)18-26-16-12-20(13-17-26)19-8-10-22(27)11-9-19/h2-4,6-12,27H,5,13-18H2,1H3,(H,24,28). The first-order valence-electron chi connectivity index (χ1n) is 9.85. The van der Waals surface area contributed by atoms with E-state index in [4.69, 9.17) is 0 Å². The number of nitrogens with one attached hydrogen (secondary N) is 1. The van der Waals surface area contributed by atoms with Gasteiger partial charge in [0.05, 0.1) is 6.54 Å². The highest BCUT2D eigenvalue weighted by atomic mass is 16.3. The molecule has 0 fully saturated rings. The summed E-state index contributed by atoms with van der Waals surface area (Å²) in [4.78, 5) is 16.6. The van der Waals surface area contributed by atoms with Gasteiger partial charge in [0.1, 0.15) is 5.75 Å². The Morgan fingerprint density at radius 1 is 1.14 bits per heavy atom. The Labute approximate surface area is 167 Å². The van der Waals surface area contributed by atoms with Crippen molar-refractivity contribution in [2.75, 3.05) is 44.7 Å². The third kappa shape index (κ3) is 5.86. The first kappa shape index (κ1) is 20.0. The molecule has 0 unspecified atom stereocenters. The predicted octanol–water partition coefficient (Wildman–Crippen LogP) is 3.12. The molecule has 1 aliphatic heterocycles. The van der Waals surface area contributed by atoms with Crippen LogP contribution in [0.2, 0.25) is 0 Å². The van der Waals surface area contributed by atoms with Gasteiger partial charge in [0, 0.05) is 38.9 Å². The molecular formula is C23H29N3O2. The van der Waals surface area contributed by atoms with Crippen molar-refractivity contribution >= 4 is 17.2 Å². The molecule has 0 spiro atoms. The lowest BCUT2D eigenvalue weighted by Crippen LogP contribution is -2.40. The minimum atomic E-state index is 0.0869. The SMILES string of the molecule is CN(CCCNC(=O)CN1CC=C(c2ccc(O)cc2)CC1)c1ccccc1. The van der Waals surface area contributed by atoms with Crippen molar-refractivity contribution in [2.45, 2.75) is 12.8 Å². The van der Waals surface area contributed by atoms with E-state index in [9.17, 15) is 9.90 Å². The number of carbonyl (C=O) groups is 1. The largest absolute Gasteiger partial charge is 0.508 e. The molecule has 1 heterocycles. The van der Waals surface area contributed by atoms with E-state index in [1.54, 1.807) is 12.1 Å². The van der Waals surface area contributed by atoms with E-state index in [1.165, 1.54) is 11.3 Å². The van der Waals surface area contributed by atoms with Crippen molar-refractivity contribution in [1.29, 1.82) is 0 Å². The third-order valence-electron chi connectivity index (χ3n) is 5.09. The summed E-state index contributed by atoms with van der Waals surface area (Å²) >= 11 is 0. The van der Waals surface area contributed by atoms with Gasteiger partial charge < -0.3 is 15.3 Å². The molecule has 0 saturated carbocycles. The highest BCUT2D eigenvalue weighted by Crippen LogP contribution is 2.23. The smallest absolute Gasteiger partial charge is 0.234 e. The predicted molar refractivity (Wildman–Crippen MR) is 114 cm³/mol. The molecule has 0 atom stereocenters. The van der Waals surface area contributed by atoms with Crippen molar-refractivity contribution in [2.24, 2.45) is 0 Å². The van der Waals surface area contributed by atoms with Gasteiger partial charge in [0.15, 0.2) is 0 Å². The van der Waals surface area contributed by atoms with Crippen LogP contribution in [0.25, 0.3) is 5.57 Å². The highest BCUT2D eigenvalue weighted by Gasteiger charge is 2.15. The van der Waals surface area contributed by atoms with E-state index in [0.29, 0.717) is 13.1 Å². The van der Waals surface area contributed by atoms with E-state index in [0.717, 1.165) is 38.0 Å². The summed E-state index contributed by atoms with van der Waals surface area (Å²) in [5.74, 6) is 0.372. The van der Waals surface area contributed by atoms with E-state index >= 15 is 0 Å². The van der Waals surface area contributed by atoms with Crippen LogP contribution in [0.3, 0.4) is 0 Å². The maximum atomic E-state index is 12.2. The Balaban J connectivity index is 1.35. The highest BCUT2D eigenvalue weighted by molar-refractivity contribution is 5.78. The Hall–Kier alpha value is -2.79. The van der Waals surface area contributed by atoms with Crippen LogP contribution in [0.1, 0.15) is 18.4 Å². The second-order valence-electron chi connectivity index (χ2n) is 7.22. The minimum absolute atomic E-state index is 0.0869. The van der Waals surface area contributed by atoms with Crippen LogP contribution in [0.5, 0.6) is 5.75 Å². The lowest BCUT2D eigenvalue weighted by Gasteiger charge is -2.26. The van der Waals surface area contributed by atoms with Crippen LogP contribution in [-0.2, 0) is 4.79 Å². The van der Waals surface area contributed by atoms with Gasteiger partial charge in [0.2, 0.25) is 5.91 Å².